The van der Waals surface area contributed by atoms with Gasteiger partial charge in [-0.3, -0.25) is 4.79 Å². The fourth-order valence-electron chi connectivity index (χ4n) is 1.40. The number of anilines is 1. The van der Waals surface area contributed by atoms with Crippen LogP contribution in [0.5, 0.6) is 0 Å². The molecule has 0 aromatic carbocycles. The number of aromatic nitrogens is 1. The molecule has 2 rings (SSSR count). The number of carboxylic acid groups (broad SMARTS) is 1. The number of rotatable bonds is 6. The van der Waals surface area contributed by atoms with Gasteiger partial charge in [-0.25, -0.2) is 4.98 Å². The van der Waals surface area contributed by atoms with Crippen LogP contribution in [0.25, 0.3) is 0 Å². The lowest BCUT2D eigenvalue weighted by Crippen LogP contribution is -2.04. The average Bonchev–Trinajstić information content (AvgIpc) is 2.88. The molecular formula is C11H11BrN2O2S2. The molecule has 96 valence electrons. The first kappa shape index (κ1) is 13.5. The van der Waals surface area contributed by atoms with Crippen LogP contribution in [0.3, 0.4) is 0 Å². The Kier molecular flexibility index (Phi) is 4.73. The molecule has 0 saturated heterocycles. The van der Waals surface area contributed by atoms with Crippen molar-refractivity contribution in [1.82, 2.24) is 4.98 Å². The van der Waals surface area contributed by atoms with Crippen molar-refractivity contribution in [2.75, 3.05) is 11.9 Å². The van der Waals surface area contributed by atoms with Crippen LogP contribution in [0.15, 0.2) is 21.3 Å². The third-order valence-electron chi connectivity index (χ3n) is 2.16. The number of nitrogens with zero attached hydrogens (tertiary/aromatic N) is 1. The molecule has 0 fully saturated rings. The predicted octanol–water partition coefficient (Wildman–Crippen LogP) is 3.25. The zero-order chi connectivity index (χ0) is 13.0. The number of hydrogen-bond donors (Lipinski definition) is 2. The highest BCUT2D eigenvalue weighted by molar-refractivity contribution is 9.11. The number of halogens is 1. The minimum Gasteiger partial charge on any atom is -0.481 e. The smallest absolute Gasteiger partial charge is 0.309 e. The van der Waals surface area contributed by atoms with Crippen molar-refractivity contribution < 1.29 is 9.90 Å². The molecule has 0 aliphatic rings. The molecule has 0 bridgehead atoms. The van der Waals surface area contributed by atoms with Gasteiger partial charge in [0.25, 0.3) is 0 Å². The Hall–Kier alpha value is -0.920. The molecule has 2 aromatic rings. The van der Waals surface area contributed by atoms with E-state index in [4.69, 9.17) is 5.11 Å². The Balaban J connectivity index is 1.79. The Labute approximate surface area is 121 Å². The second-order valence-corrected chi connectivity index (χ2v) is 7.00. The Bertz CT molecular complexity index is 539. The van der Waals surface area contributed by atoms with Crippen LogP contribution in [-0.2, 0) is 17.6 Å². The standard InChI is InChI=1S/C11H11BrN2O2S2/c12-9-2-1-8(18-9)3-4-13-11-14-7(6-17-11)5-10(15)16/h1-2,6H,3-5H2,(H,13,14)(H,15,16). The van der Waals surface area contributed by atoms with Crippen molar-refractivity contribution in [1.29, 1.82) is 0 Å². The van der Waals surface area contributed by atoms with Crippen molar-refractivity contribution in [3.63, 3.8) is 0 Å². The van der Waals surface area contributed by atoms with E-state index in [-0.39, 0.29) is 6.42 Å². The molecule has 0 saturated carbocycles. The molecule has 7 heteroatoms. The minimum atomic E-state index is -0.852. The van der Waals surface area contributed by atoms with Gasteiger partial charge in [0.05, 0.1) is 15.9 Å². The number of carbonyl (C=O) groups is 1. The van der Waals surface area contributed by atoms with Crippen LogP contribution >= 0.6 is 38.6 Å². The van der Waals surface area contributed by atoms with E-state index in [2.05, 4.69) is 32.3 Å². The van der Waals surface area contributed by atoms with E-state index in [0.717, 1.165) is 21.9 Å². The molecular weight excluding hydrogens is 336 g/mol. The molecule has 2 aromatic heterocycles. The number of hydrogen-bond acceptors (Lipinski definition) is 5. The third kappa shape index (κ3) is 4.08. The fourth-order valence-corrected chi connectivity index (χ4v) is 3.62. The summed E-state index contributed by atoms with van der Waals surface area (Å²) in [6.07, 6.45) is 0.917. The highest BCUT2D eigenvalue weighted by Crippen LogP contribution is 2.22. The zero-order valence-corrected chi connectivity index (χ0v) is 12.6. The lowest BCUT2D eigenvalue weighted by atomic mass is 10.3. The van der Waals surface area contributed by atoms with Crippen LogP contribution in [0.2, 0.25) is 0 Å². The first-order chi connectivity index (χ1) is 8.63. The summed E-state index contributed by atoms with van der Waals surface area (Å²) in [5.74, 6) is -0.852. The van der Waals surface area contributed by atoms with E-state index in [1.54, 1.807) is 16.7 Å². The monoisotopic (exact) mass is 346 g/mol. The molecule has 2 heterocycles. The van der Waals surface area contributed by atoms with Gasteiger partial charge in [0.2, 0.25) is 0 Å². The molecule has 0 aliphatic heterocycles. The van der Waals surface area contributed by atoms with Gasteiger partial charge in [-0.15, -0.1) is 22.7 Å². The highest BCUT2D eigenvalue weighted by Gasteiger charge is 2.05. The maximum atomic E-state index is 10.5. The normalized spacial score (nSPS) is 10.5. The van der Waals surface area contributed by atoms with Crippen LogP contribution in [-0.4, -0.2) is 22.6 Å². The van der Waals surface area contributed by atoms with E-state index >= 15 is 0 Å². The number of nitrogens with one attached hydrogen (secondary N) is 1. The molecule has 0 atom stereocenters. The maximum Gasteiger partial charge on any atom is 0.309 e. The van der Waals surface area contributed by atoms with Crippen molar-refractivity contribution >= 4 is 49.7 Å². The van der Waals surface area contributed by atoms with Gasteiger partial charge in [0.1, 0.15) is 0 Å². The number of carboxylic acids is 1. The van der Waals surface area contributed by atoms with E-state index in [9.17, 15) is 4.79 Å². The third-order valence-corrected chi connectivity index (χ3v) is 4.69. The van der Waals surface area contributed by atoms with Crippen LogP contribution < -0.4 is 5.32 Å². The Morgan fingerprint density at radius 2 is 2.33 bits per heavy atom. The lowest BCUT2D eigenvalue weighted by Gasteiger charge is -2.00. The van der Waals surface area contributed by atoms with Crippen LogP contribution in [0.4, 0.5) is 5.13 Å². The number of thiazole rings is 1. The first-order valence-corrected chi connectivity index (χ1v) is 7.76. The van der Waals surface area contributed by atoms with Crippen LogP contribution in [0, 0.1) is 0 Å². The fraction of sp³-hybridized carbons (Fsp3) is 0.273. The summed E-state index contributed by atoms with van der Waals surface area (Å²) in [5, 5.41) is 14.4. The first-order valence-electron chi connectivity index (χ1n) is 5.28. The van der Waals surface area contributed by atoms with Gasteiger partial charge in [-0.05, 0) is 34.5 Å². The van der Waals surface area contributed by atoms with Gasteiger partial charge in [-0.2, -0.15) is 0 Å². The molecule has 0 unspecified atom stereocenters. The van der Waals surface area contributed by atoms with Crippen molar-refractivity contribution in [2.45, 2.75) is 12.8 Å². The summed E-state index contributed by atoms with van der Waals surface area (Å²) >= 11 is 6.59. The summed E-state index contributed by atoms with van der Waals surface area (Å²) in [5.41, 5.74) is 0.605. The Morgan fingerprint density at radius 1 is 1.50 bits per heavy atom. The van der Waals surface area contributed by atoms with Crippen molar-refractivity contribution in [3.05, 3.63) is 31.9 Å². The highest BCUT2D eigenvalue weighted by atomic mass is 79.9. The van der Waals surface area contributed by atoms with Gasteiger partial charge in [-0.1, -0.05) is 0 Å². The maximum absolute atomic E-state index is 10.5. The van der Waals surface area contributed by atoms with E-state index < -0.39 is 5.97 Å². The molecule has 4 nitrogen and oxygen atoms in total. The molecule has 2 N–H and O–H groups in total. The van der Waals surface area contributed by atoms with Gasteiger partial charge in [0.15, 0.2) is 5.13 Å². The van der Waals surface area contributed by atoms with Crippen molar-refractivity contribution in [2.24, 2.45) is 0 Å². The van der Waals surface area contributed by atoms with Crippen LogP contribution in [0.1, 0.15) is 10.6 Å². The number of aliphatic carboxylic acids is 1. The van der Waals surface area contributed by atoms with Crippen molar-refractivity contribution in [3.8, 4) is 0 Å². The lowest BCUT2D eigenvalue weighted by molar-refractivity contribution is -0.136. The molecule has 18 heavy (non-hydrogen) atoms. The molecule has 0 amide bonds. The summed E-state index contributed by atoms with van der Waals surface area (Å²) in [6.45, 7) is 0.799. The summed E-state index contributed by atoms with van der Waals surface area (Å²) in [4.78, 5) is 16.0. The molecule has 0 radical (unpaired) electrons. The van der Waals surface area contributed by atoms with E-state index in [1.165, 1.54) is 16.2 Å². The van der Waals surface area contributed by atoms with Gasteiger partial charge in [0, 0.05) is 16.8 Å². The summed E-state index contributed by atoms with van der Waals surface area (Å²) in [7, 11) is 0. The summed E-state index contributed by atoms with van der Waals surface area (Å²) in [6, 6.07) is 4.13. The molecule has 0 aliphatic carbocycles. The topological polar surface area (TPSA) is 62.2 Å². The minimum absolute atomic E-state index is 0.0178. The quantitative estimate of drug-likeness (QED) is 0.842. The van der Waals surface area contributed by atoms with Gasteiger partial charge < -0.3 is 10.4 Å². The summed E-state index contributed by atoms with van der Waals surface area (Å²) < 4.78 is 1.13. The van der Waals surface area contributed by atoms with Gasteiger partial charge >= 0.3 is 5.97 Å². The van der Waals surface area contributed by atoms with E-state index in [1.807, 2.05) is 6.07 Å². The van der Waals surface area contributed by atoms with E-state index in [0.29, 0.717) is 5.69 Å². The largest absolute Gasteiger partial charge is 0.481 e. The average molecular weight is 347 g/mol. The SMILES string of the molecule is O=C(O)Cc1csc(NCCc2ccc(Br)s2)n1. The Morgan fingerprint density at radius 3 is 3.00 bits per heavy atom. The molecule has 0 spiro atoms. The second kappa shape index (κ2) is 6.31. The zero-order valence-electron chi connectivity index (χ0n) is 9.35. The second-order valence-electron chi connectivity index (χ2n) is 3.60. The predicted molar refractivity (Wildman–Crippen MR) is 77.7 cm³/mol. The number of thiophene rings is 1.